The third-order valence-electron chi connectivity index (χ3n) is 12.0. The molecule has 7 rings (SSSR count). The Bertz CT molecular complexity index is 3080. The molecule has 1 aliphatic carbocycles. The van der Waals surface area contributed by atoms with E-state index in [1.807, 2.05) is 84.9 Å². The number of amides is 4. The van der Waals surface area contributed by atoms with Crippen LogP contribution in [0.15, 0.2) is 76.8 Å². The standard InChI is InChI=1S/C19H17Cl2NO4.C15H22ClNO2.C11H11Cl2NO2.C9H16ClN5.C3H8NO5P/c1-2-26-19(25)16(21)10-11-9-12(7-8-15(11)20)22-17(23)13-5-3-4-6-14(13)18(22)24;1-5-13-8-6-7-11(2)15(13)17(14(18)9-16)12(3)10-19-4;1-7-6-16-9-5-3-2-4-8(9)14(7)11(15)10(12)13;1-5-11-7-12-6(10)13-8(14-7)15-9(2,3)4;5-3(6)1-4-2-10(7,8)9/h7-10H,2-6H2,1H3;6-8,12H,5,9-10H2,1-4H3;2-5,7,10H,6H2,1H3;5H2,1-4H3,(H2,11,12,13,14,15);4H,1-2H2,(H,5,6)(H2,7,8,9)/b16-10-;;;;. The molecule has 2 unspecified atom stereocenters. The summed E-state index contributed by atoms with van der Waals surface area (Å²) in [5, 5.41) is 16.6. The zero-order chi connectivity index (χ0) is 64.6. The SMILES string of the molecule is CC1COc2ccccc2N1C(=O)C(Cl)Cl.CCNc1nc(Cl)nc(NC(C)(C)C)n1.CCOC(=O)/C(Cl)=C/c1cc(N2C(=O)C3=C(CCCC3)C2=O)ccc1Cl.CCc1cccc(C)c1N(C(=O)CCl)C(C)COC.O=C(O)CNCP(=O)(O)O. The molecule has 29 heteroatoms. The van der Waals surface area contributed by atoms with E-state index in [9.17, 15) is 33.3 Å². The quantitative estimate of drug-likeness (QED) is 0.0177. The molecule has 1 aromatic heterocycles. The minimum Gasteiger partial charge on any atom is -0.489 e. The number of hydrogen-bond acceptors (Lipinski definition) is 16. The summed E-state index contributed by atoms with van der Waals surface area (Å²) >= 11 is 34.9. The van der Waals surface area contributed by atoms with E-state index in [1.54, 1.807) is 42.0 Å². The number of carbonyl (C=O) groups is 6. The van der Waals surface area contributed by atoms with Gasteiger partial charge < -0.3 is 49.5 Å². The van der Waals surface area contributed by atoms with Crippen molar-refractivity contribution in [3.63, 3.8) is 0 Å². The maximum atomic E-state index is 12.7. The Kier molecular flexibility index (Phi) is 31.2. The molecule has 3 aromatic carbocycles. The summed E-state index contributed by atoms with van der Waals surface area (Å²) in [4.78, 5) is 103. The minimum absolute atomic E-state index is 0.0223. The van der Waals surface area contributed by atoms with E-state index in [1.165, 1.54) is 11.0 Å². The summed E-state index contributed by atoms with van der Waals surface area (Å²) in [5.41, 5.74) is 5.87. The van der Waals surface area contributed by atoms with E-state index in [-0.39, 0.29) is 64.1 Å². The zero-order valence-corrected chi connectivity index (χ0v) is 54.8. The molecule has 2 atom stereocenters. The van der Waals surface area contributed by atoms with Gasteiger partial charge in [0.15, 0.2) is 4.84 Å². The molecule has 0 saturated carbocycles. The molecule has 0 fully saturated rings. The number of rotatable bonds is 18. The average molecular weight is 1340 g/mol. The summed E-state index contributed by atoms with van der Waals surface area (Å²) in [6, 6.07) is 18.1. The van der Waals surface area contributed by atoms with Crippen molar-refractivity contribution in [1.29, 1.82) is 0 Å². The first-order valence-corrected chi connectivity index (χ1v) is 31.4. The fraction of sp³-hybridized carbons (Fsp3) is 0.456. The number of methoxy groups -OCH3 is 1. The molecule has 6 N–H and O–H groups in total. The van der Waals surface area contributed by atoms with Gasteiger partial charge in [-0.2, -0.15) is 15.0 Å². The van der Waals surface area contributed by atoms with Crippen molar-refractivity contribution in [2.75, 3.05) is 77.5 Å². The van der Waals surface area contributed by atoms with E-state index >= 15 is 0 Å². The van der Waals surface area contributed by atoms with Crippen molar-refractivity contribution in [2.45, 2.75) is 117 Å². The highest BCUT2D eigenvalue weighted by Gasteiger charge is 2.40. The van der Waals surface area contributed by atoms with Gasteiger partial charge in [-0.15, -0.1) is 11.6 Å². The molecule has 0 radical (unpaired) electrons. The number of fused-ring (bicyclic) bond motifs is 1. The number of nitrogens with one attached hydrogen (secondary N) is 3. The number of aliphatic carboxylic acids is 1. The van der Waals surface area contributed by atoms with Gasteiger partial charge in [-0.3, -0.25) is 33.9 Å². The molecule has 3 heterocycles. The molecule has 0 saturated heterocycles. The number of alkyl halides is 3. The van der Waals surface area contributed by atoms with Gasteiger partial charge in [-0.1, -0.05) is 83.7 Å². The minimum atomic E-state index is -4.10. The van der Waals surface area contributed by atoms with Gasteiger partial charge >= 0.3 is 19.5 Å². The second-order valence-corrected chi connectivity index (χ2v) is 24.3. The highest BCUT2D eigenvalue weighted by Crippen LogP contribution is 2.38. The van der Waals surface area contributed by atoms with E-state index in [4.69, 9.17) is 98.7 Å². The van der Waals surface area contributed by atoms with Crippen LogP contribution in [-0.4, -0.2) is 140 Å². The Labute approximate surface area is 531 Å². The van der Waals surface area contributed by atoms with E-state index in [0.717, 1.165) is 48.3 Å². The molecule has 3 aliphatic rings. The van der Waals surface area contributed by atoms with Crippen molar-refractivity contribution in [3.05, 3.63) is 104 Å². The summed E-state index contributed by atoms with van der Waals surface area (Å²) in [6.45, 7) is 19.1. The Morgan fingerprint density at radius 3 is 2.12 bits per heavy atom. The van der Waals surface area contributed by atoms with Gasteiger partial charge in [0.1, 0.15) is 23.3 Å². The number of carboxylic acids is 1. The van der Waals surface area contributed by atoms with Crippen molar-refractivity contribution < 1.29 is 62.4 Å². The number of imide groups is 1. The number of aromatic nitrogens is 3. The van der Waals surface area contributed by atoms with Crippen molar-refractivity contribution >= 4 is 148 Å². The molecular weight excluding hydrogens is 1260 g/mol. The van der Waals surface area contributed by atoms with Crippen LogP contribution in [0, 0.1) is 6.92 Å². The lowest BCUT2D eigenvalue weighted by Crippen LogP contribution is -2.47. The first-order valence-electron chi connectivity index (χ1n) is 27.1. The molecule has 472 valence electrons. The van der Waals surface area contributed by atoms with E-state index < -0.39 is 37.2 Å². The normalized spacial score (nSPS) is 14.9. The predicted molar refractivity (Wildman–Crippen MR) is 339 cm³/mol. The smallest absolute Gasteiger partial charge is 0.349 e. The van der Waals surface area contributed by atoms with Crippen LogP contribution in [0.2, 0.25) is 10.3 Å². The monoisotopic (exact) mass is 1330 g/mol. The Morgan fingerprint density at radius 1 is 0.942 bits per heavy atom. The number of esters is 1. The Morgan fingerprint density at radius 2 is 1.57 bits per heavy atom. The van der Waals surface area contributed by atoms with Gasteiger partial charge in [-0.05, 0) is 152 Å². The topological polar surface area (TPSA) is 292 Å². The second kappa shape index (κ2) is 36.0. The lowest BCUT2D eigenvalue weighted by molar-refractivity contribution is -0.138. The van der Waals surface area contributed by atoms with Crippen LogP contribution < -0.4 is 35.4 Å². The number of carboxylic acid groups (broad SMARTS) is 1. The van der Waals surface area contributed by atoms with Crippen molar-refractivity contribution in [1.82, 2.24) is 20.3 Å². The number of carbonyl (C=O) groups excluding carboxylic acids is 5. The first kappa shape index (κ1) is 74.6. The first-order chi connectivity index (χ1) is 40.4. The molecule has 0 spiro atoms. The van der Waals surface area contributed by atoms with Crippen molar-refractivity contribution in [2.24, 2.45) is 0 Å². The third kappa shape index (κ3) is 23.5. The molecule has 0 bridgehead atoms. The Hall–Kier alpha value is -5.62. The summed E-state index contributed by atoms with van der Waals surface area (Å²) < 4.78 is 25.6. The molecular formula is C57H74Cl6N9O13P. The van der Waals surface area contributed by atoms with Crippen LogP contribution in [0.4, 0.5) is 29.0 Å². The highest BCUT2D eigenvalue weighted by atomic mass is 35.5. The highest BCUT2D eigenvalue weighted by molar-refractivity contribution is 7.51. The Balaban J connectivity index is 0.000000291. The number of aryl methyl sites for hydroxylation is 2. The summed E-state index contributed by atoms with van der Waals surface area (Å²) in [5.74, 6) is -1.13. The zero-order valence-electron chi connectivity index (χ0n) is 49.4. The molecule has 4 amide bonds. The van der Waals surface area contributed by atoms with Gasteiger partial charge in [0, 0.05) is 35.4 Å². The summed E-state index contributed by atoms with van der Waals surface area (Å²) in [7, 11) is -2.46. The average Bonchev–Trinajstić information content (AvgIpc) is 2.15. The maximum absolute atomic E-state index is 12.7. The van der Waals surface area contributed by atoms with Crippen LogP contribution in [-0.2, 0) is 49.2 Å². The lowest BCUT2D eigenvalue weighted by atomic mass is 9.93. The van der Waals surface area contributed by atoms with Crippen LogP contribution in [0.3, 0.4) is 0 Å². The van der Waals surface area contributed by atoms with E-state index in [2.05, 4.69) is 43.9 Å². The van der Waals surface area contributed by atoms with Gasteiger partial charge in [0.2, 0.25) is 23.1 Å². The maximum Gasteiger partial charge on any atom is 0.349 e. The molecule has 2 aliphatic heterocycles. The predicted octanol–water partition coefficient (Wildman–Crippen LogP) is 11.0. The second-order valence-electron chi connectivity index (χ2n) is 20.1. The molecule has 4 aromatic rings. The van der Waals surface area contributed by atoms with E-state index in [0.29, 0.717) is 71.1 Å². The summed E-state index contributed by atoms with van der Waals surface area (Å²) in [6.07, 6.45) is 4.73. The fourth-order valence-electron chi connectivity index (χ4n) is 8.50. The van der Waals surface area contributed by atoms with Crippen LogP contribution in [0.25, 0.3) is 6.08 Å². The van der Waals surface area contributed by atoms with Crippen LogP contribution in [0.5, 0.6) is 5.75 Å². The number of nitrogens with zero attached hydrogens (tertiary/aromatic N) is 6. The lowest BCUT2D eigenvalue weighted by Gasteiger charge is -2.35. The number of halogens is 6. The molecule has 22 nitrogen and oxygen atoms in total. The van der Waals surface area contributed by atoms with Crippen LogP contribution >= 0.6 is 77.2 Å². The largest absolute Gasteiger partial charge is 0.489 e. The van der Waals surface area contributed by atoms with Gasteiger partial charge in [0.25, 0.3) is 17.7 Å². The fourth-order valence-corrected chi connectivity index (χ4v) is 9.75. The van der Waals surface area contributed by atoms with Crippen LogP contribution in [0.1, 0.15) is 97.8 Å². The number of para-hydroxylation sites is 3. The number of anilines is 5. The van der Waals surface area contributed by atoms with Crippen molar-refractivity contribution in [3.8, 4) is 5.75 Å². The molecule has 86 heavy (non-hydrogen) atoms. The number of benzene rings is 3. The number of ether oxygens (including phenoxy) is 3. The van der Waals surface area contributed by atoms with Gasteiger partial charge in [0.05, 0.1) is 55.2 Å². The van der Waals surface area contributed by atoms with Gasteiger partial charge in [-0.25, -0.2) is 9.69 Å². The third-order valence-corrected chi connectivity index (χ3v) is 14.1. The number of hydrogen-bond donors (Lipinski definition) is 6.